The van der Waals surface area contributed by atoms with Crippen LogP contribution in [-0.2, 0) is 51.6 Å². The van der Waals surface area contributed by atoms with E-state index in [9.17, 15) is 14.2 Å². The molecular weight excluding hydrogens is 731 g/mol. The molecule has 4 heterocycles. The number of esters is 2. The fourth-order valence-electron chi connectivity index (χ4n) is 5.77. The summed E-state index contributed by atoms with van der Waals surface area (Å²) in [5.74, 6) is -1.45. The summed E-state index contributed by atoms with van der Waals surface area (Å²) in [7, 11) is -2.19. The van der Waals surface area contributed by atoms with Crippen molar-refractivity contribution in [3.63, 3.8) is 0 Å². The number of nitrogens with zero attached hydrogens (tertiary/aromatic N) is 4. The van der Waals surface area contributed by atoms with Crippen LogP contribution in [0.5, 0.6) is 0 Å². The lowest BCUT2D eigenvalue weighted by Gasteiger charge is -2.27. The number of halogens is 1. The van der Waals surface area contributed by atoms with Crippen molar-refractivity contribution < 1.29 is 51.6 Å². The van der Waals surface area contributed by atoms with Crippen molar-refractivity contribution in [2.45, 2.75) is 98.7 Å². The van der Waals surface area contributed by atoms with Crippen molar-refractivity contribution in [2.24, 2.45) is 10.8 Å². The van der Waals surface area contributed by atoms with Gasteiger partial charge in [0.1, 0.15) is 36.1 Å². The summed E-state index contributed by atoms with van der Waals surface area (Å²) in [4.78, 5) is 35.8. The molecule has 2 saturated heterocycles. The molecule has 0 N–H and O–H groups in total. The Kier molecular flexibility index (Phi) is 12.3. The van der Waals surface area contributed by atoms with Gasteiger partial charge in [-0.3, -0.25) is 23.2 Å². The highest BCUT2D eigenvalue weighted by molar-refractivity contribution is 7.53. The van der Waals surface area contributed by atoms with Gasteiger partial charge in [0.15, 0.2) is 12.0 Å². The Morgan fingerprint density at radius 3 is 2.13 bits per heavy atom. The number of carbonyl (C=O) groups excluding carboxylic acids is 2. The van der Waals surface area contributed by atoms with E-state index in [0.717, 1.165) is 10.9 Å². The smallest absolute Gasteiger partial charge is 0.361 e. The van der Waals surface area contributed by atoms with E-state index in [0.29, 0.717) is 11.5 Å². The average Bonchev–Trinajstić information content (AvgIpc) is 3.73. The van der Waals surface area contributed by atoms with Crippen molar-refractivity contribution in [1.82, 2.24) is 14.5 Å². The monoisotopic (exact) mass is 780 g/mol. The maximum atomic E-state index is 13.8. The SMILES string of the molecule is C[C@H](c1ccccc1)N(C)c1nc(Cl)nc2c1ccn2[C@@H]1OC(COCP(=O)(OCOC(=O)C(C)(C)C)OCOC(=O)C(C)(C)C)[C@H]2OC(C)(C)O[C@H]21. The molecule has 1 unspecified atom stereocenters. The van der Waals surface area contributed by atoms with Gasteiger partial charge in [-0.05, 0) is 85.5 Å². The fraction of sp³-hybridized carbons (Fsp3) is 0.611. The number of rotatable bonds is 14. The Bertz CT molecular complexity index is 1770. The van der Waals surface area contributed by atoms with Gasteiger partial charge in [-0.15, -0.1) is 0 Å². The van der Waals surface area contributed by atoms with Gasteiger partial charge in [-0.2, -0.15) is 9.97 Å². The van der Waals surface area contributed by atoms with Gasteiger partial charge in [0.2, 0.25) is 18.9 Å². The zero-order valence-corrected chi connectivity index (χ0v) is 33.5. The summed E-state index contributed by atoms with van der Waals surface area (Å²) < 4.78 is 61.7. The van der Waals surface area contributed by atoms with Crippen molar-refractivity contribution in [2.75, 3.05) is 38.5 Å². The quantitative estimate of drug-likeness (QED) is 0.0713. The standard InChI is InChI=1S/C36H50ClN4O11P/c1-22(23-14-12-11-13-15-23)40(10)28-24-16-17-41(29(24)39-33(37)38-28)30-27-26(51-36(8,9)52-27)25(50-30)18-45-21-53(44,48-19-46-31(42)34(2,3)4)49-20-47-32(43)35(5,6)7/h11-17,22,25-27,30H,18-21H2,1-10H3/t22-,25?,26-,27-,30-/m1/s1. The number of ether oxygens (including phenoxy) is 6. The second kappa shape index (κ2) is 15.9. The van der Waals surface area contributed by atoms with Gasteiger partial charge in [-0.25, -0.2) is 0 Å². The molecule has 0 spiro atoms. The molecule has 2 aromatic heterocycles. The Balaban J connectivity index is 1.32. The van der Waals surface area contributed by atoms with E-state index in [4.69, 9.17) is 49.1 Å². The Hall–Kier alpha value is -3.14. The van der Waals surface area contributed by atoms with E-state index in [-0.39, 0.29) is 17.9 Å². The summed E-state index contributed by atoms with van der Waals surface area (Å²) in [6.07, 6.45) is -1.33. The van der Waals surface area contributed by atoms with Crippen molar-refractivity contribution in [3.8, 4) is 0 Å². The molecule has 292 valence electrons. The Morgan fingerprint density at radius 1 is 0.962 bits per heavy atom. The van der Waals surface area contributed by atoms with E-state index < -0.39 is 80.6 Å². The summed E-state index contributed by atoms with van der Waals surface area (Å²) >= 11 is 6.52. The molecule has 0 radical (unpaired) electrons. The molecule has 2 fully saturated rings. The minimum absolute atomic E-state index is 0.0188. The molecule has 2 aliphatic heterocycles. The first-order valence-corrected chi connectivity index (χ1v) is 19.4. The second-order valence-corrected chi connectivity index (χ2v) is 17.9. The lowest BCUT2D eigenvalue weighted by molar-refractivity contribution is -0.201. The number of anilines is 1. The van der Waals surface area contributed by atoms with Crippen LogP contribution in [0.15, 0.2) is 42.6 Å². The number of benzene rings is 1. The van der Waals surface area contributed by atoms with Gasteiger partial charge in [0.25, 0.3) is 0 Å². The summed E-state index contributed by atoms with van der Waals surface area (Å²) in [6.45, 7) is 14.2. The normalized spacial score (nSPS) is 22.1. The van der Waals surface area contributed by atoms with Crippen LogP contribution in [0.4, 0.5) is 5.82 Å². The molecular formula is C36H50ClN4O11P. The molecule has 0 aliphatic carbocycles. The number of fused-ring (bicyclic) bond motifs is 2. The summed E-state index contributed by atoms with van der Waals surface area (Å²) in [5, 5.41) is 0.822. The third kappa shape index (κ3) is 9.76. The topological polar surface area (TPSA) is 159 Å². The molecule has 53 heavy (non-hydrogen) atoms. The molecule has 0 bridgehead atoms. The van der Waals surface area contributed by atoms with Gasteiger partial charge in [0.05, 0.1) is 28.9 Å². The van der Waals surface area contributed by atoms with Crippen LogP contribution in [0.2, 0.25) is 5.28 Å². The minimum Gasteiger partial charge on any atom is -0.438 e. The molecule has 3 aromatic rings. The highest BCUT2D eigenvalue weighted by atomic mass is 35.5. The van der Waals surface area contributed by atoms with E-state index in [1.807, 2.05) is 47.0 Å². The van der Waals surface area contributed by atoms with E-state index >= 15 is 0 Å². The third-order valence-electron chi connectivity index (χ3n) is 8.76. The Labute approximate surface area is 315 Å². The molecule has 0 saturated carbocycles. The predicted molar refractivity (Wildman–Crippen MR) is 195 cm³/mol. The molecule has 2 aliphatic rings. The molecule has 5 atom stereocenters. The van der Waals surface area contributed by atoms with Crippen molar-refractivity contribution >= 4 is 48.0 Å². The molecule has 17 heteroatoms. The van der Waals surface area contributed by atoms with Crippen LogP contribution in [0.3, 0.4) is 0 Å². The van der Waals surface area contributed by atoms with Crippen molar-refractivity contribution in [3.05, 3.63) is 53.4 Å². The predicted octanol–water partition coefficient (Wildman–Crippen LogP) is 6.99. The second-order valence-electron chi connectivity index (χ2n) is 15.6. The fourth-order valence-corrected chi connectivity index (χ4v) is 6.91. The van der Waals surface area contributed by atoms with Crippen LogP contribution < -0.4 is 4.90 Å². The molecule has 1 aromatic carbocycles. The summed E-state index contributed by atoms with van der Waals surface area (Å²) in [6, 6.07) is 12.0. The zero-order chi connectivity index (χ0) is 38.9. The lowest BCUT2D eigenvalue weighted by atomic mass is 9.98. The van der Waals surface area contributed by atoms with Gasteiger partial charge >= 0.3 is 19.5 Å². The molecule has 15 nitrogen and oxygen atoms in total. The van der Waals surface area contributed by atoms with Gasteiger partial charge in [0, 0.05) is 13.2 Å². The van der Waals surface area contributed by atoms with Gasteiger partial charge in [-0.1, -0.05) is 30.3 Å². The number of hydrogen-bond donors (Lipinski definition) is 0. The molecule has 5 rings (SSSR count). The first kappa shape index (κ1) is 41.0. The molecule has 0 amide bonds. The van der Waals surface area contributed by atoms with Crippen LogP contribution >= 0.6 is 19.2 Å². The first-order chi connectivity index (χ1) is 24.7. The largest absolute Gasteiger partial charge is 0.438 e. The highest BCUT2D eigenvalue weighted by Gasteiger charge is 2.56. The van der Waals surface area contributed by atoms with Crippen LogP contribution in [0, 0.1) is 10.8 Å². The maximum absolute atomic E-state index is 13.8. The number of carbonyl (C=O) groups is 2. The Morgan fingerprint density at radius 2 is 1.55 bits per heavy atom. The summed E-state index contributed by atoms with van der Waals surface area (Å²) in [5.41, 5.74) is -0.000702. The minimum atomic E-state index is -4.14. The zero-order valence-electron chi connectivity index (χ0n) is 31.9. The third-order valence-corrected chi connectivity index (χ3v) is 10.4. The first-order valence-electron chi connectivity index (χ1n) is 17.3. The maximum Gasteiger partial charge on any atom is 0.361 e. The van der Waals surface area contributed by atoms with E-state index in [1.165, 1.54) is 0 Å². The number of aromatic nitrogens is 3. The average molecular weight is 781 g/mol. The number of hydrogen-bond acceptors (Lipinski definition) is 14. The lowest BCUT2D eigenvalue weighted by Crippen LogP contribution is -2.33. The van der Waals surface area contributed by atoms with E-state index in [1.54, 1.807) is 55.4 Å². The van der Waals surface area contributed by atoms with Crippen LogP contribution in [0.25, 0.3) is 11.0 Å². The van der Waals surface area contributed by atoms with Crippen molar-refractivity contribution in [1.29, 1.82) is 0 Å². The van der Waals surface area contributed by atoms with E-state index in [2.05, 4.69) is 29.0 Å². The highest BCUT2D eigenvalue weighted by Crippen LogP contribution is 2.49. The van der Waals surface area contributed by atoms with Crippen LogP contribution in [0.1, 0.15) is 80.1 Å². The van der Waals surface area contributed by atoms with Crippen LogP contribution in [-0.4, -0.2) is 84.2 Å². The van der Waals surface area contributed by atoms with Gasteiger partial charge < -0.3 is 37.9 Å².